The van der Waals surface area contributed by atoms with Crippen LogP contribution in [0, 0.1) is 13.8 Å². The summed E-state index contributed by atoms with van der Waals surface area (Å²) >= 11 is 0. The van der Waals surface area contributed by atoms with Gasteiger partial charge in [0.1, 0.15) is 11.8 Å². The van der Waals surface area contributed by atoms with E-state index in [1.54, 1.807) is 0 Å². The molecule has 1 atom stereocenters. The highest BCUT2D eigenvalue weighted by atomic mass is 16.5. The van der Waals surface area contributed by atoms with E-state index in [0.29, 0.717) is 18.7 Å². The van der Waals surface area contributed by atoms with Gasteiger partial charge in [-0.15, -0.1) is 0 Å². The number of carbonyl (C=O) groups is 2. The van der Waals surface area contributed by atoms with Crippen molar-refractivity contribution in [2.75, 3.05) is 13.2 Å². The van der Waals surface area contributed by atoms with Gasteiger partial charge in [-0.3, -0.25) is 4.79 Å². The fourth-order valence-electron chi connectivity index (χ4n) is 2.35. The van der Waals surface area contributed by atoms with Crippen LogP contribution in [0.4, 0.5) is 0 Å². The lowest BCUT2D eigenvalue weighted by Gasteiger charge is -2.21. The highest BCUT2D eigenvalue weighted by molar-refractivity contribution is 5.85. The van der Waals surface area contributed by atoms with Crippen LogP contribution < -0.4 is 4.74 Å². The van der Waals surface area contributed by atoms with Gasteiger partial charge in [-0.1, -0.05) is 6.07 Å². The Morgan fingerprint density at radius 3 is 2.75 bits per heavy atom. The Labute approximate surface area is 118 Å². The van der Waals surface area contributed by atoms with E-state index in [1.807, 2.05) is 32.0 Å². The summed E-state index contributed by atoms with van der Waals surface area (Å²) in [6.45, 7) is 4.36. The van der Waals surface area contributed by atoms with Crippen LogP contribution in [0.2, 0.25) is 0 Å². The molecule has 0 radical (unpaired) electrons. The molecule has 0 bridgehead atoms. The Hall–Kier alpha value is -2.04. The number of carboxylic acid groups (broad SMARTS) is 1. The van der Waals surface area contributed by atoms with Gasteiger partial charge in [0.15, 0.2) is 6.61 Å². The molecule has 1 saturated heterocycles. The second-order valence-electron chi connectivity index (χ2n) is 5.12. The van der Waals surface area contributed by atoms with E-state index in [9.17, 15) is 9.59 Å². The molecule has 20 heavy (non-hydrogen) atoms. The Kier molecular flexibility index (Phi) is 4.27. The van der Waals surface area contributed by atoms with E-state index >= 15 is 0 Å². The number of rotatable bonds is 4. The molecule has 1 amide bonds. The largest absolute Gasteiger partial charge is 0.484 e. The Morgan fingerprint density at radius 1 is 1.35 bits per heavy atom. The summed E-state index contributed by atoms with van der Waals surface area (Å²) in [7, 11) is 0. The molecule has 2 rings (SSSR count). The number of ether oxygens (including phenoxy) is 1. The third-order valence-electron chi connectivity index (χ3n) is 3.70. The van der Waals surface area contributed by atoms with E-state index in [4.69, 9.17) is 9.84 Å². The molecule has 0 spiro atoms. The van der Waals surface area contributed by atoms with Gasteiger partial charge in [0.05, 0.1) is 0 Å². The highest BCUT2D eigenvalue weighted by Gasteiger charge is 2.33. The van der Waals surface area contributed by atoms with E-state index in [-0.39, 0.29) is 12.5 Å². The summed E-state index contributed by atoms with van der Waals surface area (Å²) in [5.41, 5.74) is 2.26. The van der Waals surface area contributed by atoms with Crippen molar-refractivity contribution >= 4 is 11.9 Å². The van der Waals surface area contributed by atoms with Crippen molar-refractivity contribution in [1.82, 2.24) is 4.90 Å². The van der Waals surface area contributed by atoms with Crippen molar-refractivity contribution in [2.45, 2.75) is 32.7 Å². The standard InChI is InChI=1S/C15H19NO4/c1-10-5-6-12(8-11(10)2)20-9-14(17)16-7-3-4-13(16)15(18)19/h5-6,8,13H,3-4,7,9H2,1-2H3,(H,18,19)/t13-/m0/s1. The maximum atomic E-state index is 12.0. The molecule has 0 unspecified atom stereocenters. The van der Waals surface area contributed by atoms with Crippen LogP contribution in [0.3, 0.4) is 0 Å². The minimum Gasteiger partial charge on any atom is -0.484 e. The molecular weight excluding hydrogens is 258 g/mol. The zero-order chi connectivity index (χ0) is 14.7. The van der Waals surface area contributed by atoms with E-state index in [0.717, 1.165) is 17.5 Å². The van der Waals surface area contributed by atoms with Crippen LogP contribution in [0.5, 0.6) is 5.75 Å². The number of carbonyl (C=O) groups excluding carboxylic acids is 1. The third-order valence-corrected chi connectivity index (χ3v) is 3.70. The summed E-state index contributed by atoms with van der Waals surface area (Å²) in [4.78, 5) is 24.5. The van der Waals surface area contributed by atoms with E-state index in [2.05, 4.69) is 0 Å². The molecular formula is C15H19NO4. The van der Waals surface area contributed by atoms with Gasteiger partial charge in [-0.25, -0.2) is 4.79 Å². The highest BCUT2D eigenvalue weighted by Crippen LogP contribution is 2.19. The quantitative estimate of drug-likeness (QED) is 0.910. The second kappa shape index (κ2) is 5.94. The van der Waals surface area contributed by atoms with Crippen molar-refractivity contribution in [2.24, 2.45) is 0 Å². The predicted molar refractivity (Wildman–Crippen MR) is 73.8 cm³/mol. The number of aliphatic carboxylic acids is 1. The molecule has 0 aromatic heterocycles. The topological polar surface area (TPSA) is 66.8 Å². The van der Waals surface area contributed by atoms with Crippen LogP contribution >= 0.6 is 0 Å². The van der Waals surface area contributed by atoms with Gasteiger partial charge in [-0.05, 0) is 49.9 Å². The molecule has 1 heterocycles. The molecule has 1 fully saturated rings. The molecule has 5 heteroatoms. The van der Waals surface area contributed by atoms with E-state index < -0.39 is 12.0 Å². The number of amides is 1. The number of aryl methyl sites for hydroxylation is 2. The third kappa shape index (κ3) is 3.10. The minimum atomic E-state index is -0.943. The first-order chi connectivity index (χ1) is 9.49. The number of nitrogens with zero attached hydrogens (tertiary/aromatic N) is 1. The van der Waals surface area contributed by atoms with Crippen LogP contribution in [0.25, 0.3) is 0 Å². The lowest BCUT2D eigenvalue weighted by molar-refractivity contribution is -0.148. The van der Waals surface area contributed by atoms with E-state index in [1.165, 1.54) is 4.90 Å². The van der Waals surface area contributed by atoms with Gasteiger partial charge < -0.3 is 14.7 Å². The molecule has 1 N–H and O–H groups in total. The average Bonchev–Trinajstić information content (AvgIpc) is 2.89. The fourth-order valence-corrected chi connectivity index (χ4v) is 2.35. The first-order valence-electron chi connectivity index (χ1n) is 6.71. The number of hydrogen-bond acceptors (Lipinski definition) is 3. The molecule has 1 aromatic carbocycles. The Balaban J connectivity index is 1.94. The normalized spacial score (nSPS) is 18.1. The van der Waals surface area contributed by atoms with Crippen molar-refractivity contribution in [3.8, 4) is 5.75 Å². The summed E-state index contributed by atoms with van der Waals surface area (Å²) in [5.74, 6) is -0.581. The van der Waals surface area contributed by atoms with Crippen molar-refractivity contribution in [1.29, 1.82) is 0 Å². The van der Waals surface area contributed by atoms with Gasteiger partial charge in [0.25, 0.3) is 5.91 Å². The monoisotopic (exact) mass is 277 g/mol. The molecule has 1 aliphatic rings. The molecule has 1 aliphatic heterocycles. The lowest BCUT2D eigenvalue weighted by atomic mass is 10.1. The fraction of sp³-hybridized carbons (Fsp3) is 0.467. The predicted octanol–water partition coefficient (Wildman–Crippen LogP) is 1.76. The maximum absolute atomic E-state index is 12.0. The minimum absolute atomic E-state index is 0.119. The molecule has 0 aliphatic carbocycles. The van der Waals surface area contributed by atoms with Crippen LogP contribution in [-0.2, 0) is 9.59 Å². The van der Waals surface area contributed by atoms with Gasteiger partial charge in [0.2, 0.25) is 0 Å². The number of likely N-dealkylation sites (tertiary alicyclic amines) is 1. The molecule has 108 valence electrons. The summed E-state index contributed by atoms with van der Waals surface area (Å²) < 4.78 is 5.46. The first-order valence-corrected chi connectivity index (χ1v) is 6.71. The zero-order valence-electron chi connectivity index (χ0n) is 11.8. The number of benzene rings is 1. The second-order valence-corrected chi connectivity index (χ2v) is 5.12. The average molecular weight is 277 g/mol. The number of carboxylic acids is 1. The van der Waals surface area contributed by atoms with Gasteiger partial charge >= 0.3 is 5.97 Å². The van der Waals surface area contributed by atoms with Crippen LogP contribution in [0.15, 0.2) is 18.2 Å². The summed E-state index contributed by atoms with van der Waals surface area (Å²) in [5, 5.41) is 9.05. The molecule has 5 nitrogen and oxygen atoms in total. The zero-order valence-corrected chi connectivity index (χ0v) is 11.8. The lowest BCUT2D eigenvalue weighted by Crippen LogP contribution is -2.42. The Bertz CT molecular complexity index is 527. The van der Waals surface area contributed by atoms with Gasteiger partial charge in [-0.2, -0.15) is 0 Å². The van der Waals surface area contributed by atoms with Crippen LogP contribution in [0.1, 0.15) is 24.0 Å². The van der Waals surface area contributed by atoms with Crippen molar-refractivity contribution in [3.63, 3.8) is 0 Å². The molecule has 1 aromatic rings. The van der Waals surface area contributed by atoms with Crippen LogP contribution in [-0.4, -0.2) is 41.1 Å². The van der Waals surface area contributed by atoms with Gasteiger partial charge in [0, 0.05) is 6.54 Å². The SMILES string of the molecule is Cc1ccc(OCC(=O)N2CCC[C@H]2C(=O)O)cc1C. The summed E-state index contributed by atoms with van der Waals surface area (Å²) in [6.07, 6.45) is 1.25. The summed E-state index contributed by atoms with van der Waals surface area (Å²) in [6, 6.07) is 4.92. The first kappa shape index (κ1) is 14.4. The Morgan fingerprint density at radius 2 is 2.10 bits per heavy atom. The number of hydrogen-bond donors (Lipinski definition) is 1. The smallest absolute Gasteiger partial charge is 0.326 e. The van der Waals surface area contributed by atoms with Crippen molar-refractivity contribution < 1.29 is 19.4 Å². The molecule has 0 saturated carbocycles. The maximum Gasteiger partial charge on any atom is 0.326 e. The van der Waals surface area contributed by atoms with Crippen molar-refractivity contribution in [3.05, 3.63) is 29.3 Å².